The number of amides is 3. The van der Waals surface area contributed by atoms with Crippen LogP contribution in [0.3, 0.4) is 0 Å². The van der Waals surface area contributed by atoms with Gasteiger partial charge in [0, 0.05) is 23.4 Å². The number of aromatic hydroxyl groups is 1. The van der Waals surface area contributed by atoms with Gasteiger partial charge in [-0.15, -0.1) is 0 Å². The van der Waals surface area contributed by atoms with Crippen molar-refractivity contribution in [3.8, 4) is 5.75 Å². The Kier molecular flexibility index (Phi) is 3.34. The summed E-state index contributed by atoms with van der Waals surface area (Å²) in [6.07, 6.45) is -3.15. The Morgan fingerprint density at radius 1 is 1.19 bits per heavy atom. The van der Waals surface area contributed by atoms with Gasteiger partial charge in [-0.2, -0.15) is 13.2 Å². The molecule has 2 saturated heterocycles. The van der Waals surface area contributed by atoms with Gasteiger partial charge in [-0.3, -0.25) is 15.0 Å². The van der Waals surface area contributed by atoms with Crippen LogP contribution in [0.4, 0.5) is 18.0 Å². The first-order chi connectivity index (χ1) is 14.4. The van der Waals surface area contributed by atoms with Crippen molar-refractivity contribution in [1.82, 2.24) is 15.5 Å². The summed E-state index contributed by atoms with van der Waals surface area (Å²) in [5.41, 5.74) is -2.75. The fraction of sp³-hybridized carbons (Fsp3) is 0.619. The largest absolute Gasteiger partial charge is 0.508 e. The summed E-state index contributed by atoms with van der Waals surface area (Å²) in [5, 5.41) is 27.3. The molecule has 166 valence electrons. The second-order valence-corrected chi connectivity index (χ2v) is 10.2. The normalized spacial score (nSPS) is 43.0. The maximum absolute atomic E-state index is 13.3. The number of alkyl halides is 3. The number of imide groups is 1. The van der Waals surface area contributed by atoms with Crippen molar-refractivity contribution in [2.75, 3.05) is 13.1 Å². The molecule has 1 aromatic rings. The van der Waals surface area contributed by atoms with E-state index in [1.165, 1.54) is 4.90 Å². The first-order valence-electron chi connectivity index (χ1n) is 10.4. The number of hydrogen-bond acceptors (Lipinski definition) is 5. The number of carbonyl (C=O) groups excluding carboxylic acids is 2. The molecule has 2 bridgehead atoms. The zero-order valence-corrected chi connectivity index (χ0v) is 16.6. The SMILES string of the molecule is O=C1NC(=O)[C@@]2(CC[C@@]3(O)C4N(CC(F)(F)F)CC45Cc4ccc(O)cc4[C@@]3(C5)C2)N1. The quantitative estimate of drug-likeness (QED) is 0.497. The molecular weight excluding hydrogens is 415 g/mol. The van der Waals surface area contributed by atoms with Gasteiger partial charge in [0.15, 0.2) is 0 Å². The van der Waals surface area contributed by atoms with Gasteiger partial charge in [-0.1, -0.05) is 6.07 Å². The average Bonchev–Trinajstić information content (AvgIpc) is 2.97. The topological polar surface area (TPSA) is 102 Å². The fourth-order valence-electron chi connectivity index (χ4n) is 7.82. The van der Waals surface area contributed by atoms with Crippen LogP contribution < -0.4 is 10.6 Å². The number of hydrogen-bond donors (Lipinski definition) is 4. The lowest BCUT2D eigenvalue weighted by Gasteiger charge is -2.59. The number of nitrogens with one attached hydrogen (secondary N) is 2. The summed E-state index contributed by atoms with van der Waals surface area (Å²) in [6, 6.07) is 3.57. The van der Waals surface area contributed by atoms with Crippen molar-refractivity contribution in [1.29, 1.82) is 0 Å². The number of benzene rings is 1. The number of aliphatic hydroxyl groups is 1. The molecule has 4 N–H and O–H groups in total. The third kappa shape index (κ3) is 2.22. The van der Waals surface area contributed by atoms with Gasteiger partial charge in [0.2, 0.25) is 0 Å². The van der Waals surface area contributed by atoms with Crippen LogP contribution in [0.5, 0.6) is 5.75 Å². The van der Waals surface area contributed by atoms with E-state index in [0.717, 1.165) is 5.56 Å². The Balaban J connectivity index is 1.52. The summed E-state index contributed by atoms with van der Waals surface area (Å²) < 4.78 is 39.8. The fourth-order valence-corrected chi connectivity index (χ4v) is 7.82. The number of halogens is 3. The lowest BCUT2D eigenvalue weighted by Crippen LogP contribution is -2.73. The number of urea groups is 1. The van der Waals surface area contributed by atoms with Crippen molar-refractivity contribution >= 4 is 11.9 Å². The lowest BCUT2D eigenvalue weighted by atomic mass is 9.54. The molecule has 10 heteroatoms. The molecule has 1 aromatic carbocycles. The maximum Gasteiger partial charge on any atom is 0.401 e. The summed E-state index contributed by atoms with van der Waals surface area (Å²) >= 11 is 0. The number of likely N-dealkylation sites (tertiary alicyclic amines) is 1. The highest BCUT2D eigenvalue weighted by molar-refractivity contribution is 6.07. The molecule has 31 heavy (non-hydrogen) atoms. The van der Waals surface area contributed by atoms with Crippen molar-refractivity contribution in [2.24, 2.45) is 5.41 Å². The minimum Gasteiger partial charge on any atom is -0.508 e. The molecule has 0 radical (unpaired) electrons. The summed E-state index contributed by atoms with van der Waals surface area (Å²) in [4.78, 5) is 26.0. The molecule has 3 amide bonds. The van der Waals surface area contributed by atoms with Crippen LogP contribution in [-0.2, 0) is 16.6 Å². The van der Waals surface area contributed by atoms with Gasteiger partial charge in [0.25, 0.3) is 5.91 Å². The Morgan fingerprint density at radius 2 is 1.97 bits per heavy atom. The van der Waals surface area contributed by atoms with E-state index in [1.54, 1.807) is 18.2 Å². The third-order valence-corrected chi connectivity index (χ3v) is 8.48. The molecule has 2 saturated carbocycles. The van der Waals surface area contributed by atoms with Gasteiger partial charge >= 0.3 is 12.2 Å². The summed E-state index contributed by atoms with van der Waals surface area (Å²) in [5.74, 6) is -0.473. The molecule has 4 fully saturated rings. The van der Waals surface area contributed by atoms with Gasteiger partial charge in [0.1, 0.15) is 11.3 Å². The second kappa shape index (κ2) is 5.35. The molecule has 5 atom stereocenters. The van der Waals surface area contributed by atoms with Crippen LogP contribution in [0.1, 0.15) is 36.8 Å². The van der Waals surface area contributed by atoms with E-state index in [2.05, 4.69) is 10.6 Å². The minimum absolute atomic E-state index is 0.00245. The van der Waals surface area contributed by atoms with Gasteiger partial charge in [-0.25, -0.2) is 4.79 Å². The van der Waals surface area contributed by atoms with Gasteiger partial charge in [-0.05, 0) is 55.4 Å². The number of carbonyl (C=O) groups is 2. The first kappa shape index (κ1) is 19.4. The van der Waals surface area contributed by atoms with Gasteiger partial charge < -0.3 is 15.5 Å². The standard InChI is InChI=1S/C21H22F3N3O4/c22-21(23,24)10-27-9-17-6-11-1-2-12(28)5-13(11)18(7-17)8-19(15(29)25-16(30)26-19)3-4-20(18,31)14(17)27/h1-2,5,14,28,31H,3-4,6-10H2,(H2,25,26,29,30)/t14?,17?,18-,19+,20-/m1/s1. The predicted octanol–water partition coefficient (Wildman–Crippen LogP) is 1.32. The van der Waals surface area contributed by atoms with E-state index in [9.17, 15) is 33.0 Å². The van der Waals surface area contributed by atoms with Crippen LogP contribution in [0.25, 0.3) is 0 Å². The second-order valence-electron chi connectivity index (χ2n) is 10.2. The average molecular weight is 437 g/mol. The van der Waals surface area contributed by atoms with E-state index in [0.29, 0.717) is 18.4 Å². The summed E-state index contributed by atoms with van der Waals surface area (Å²) in [7, 11) is 0. The maximum atomic E-state index is 13.3. The Labute approximate surface area is 175 Å². The summed E-state index contributed by atoms with van der Waals surface area (Å²) in [6.45, 7) is -0.880. The van der Waals surface area contributed by atoms with Crippen molar-refractivity contribution < 1.29 is 33.0 Å². The lowest BCUT2D eigenvalue weighted by molar-refractivity contribution is -0.213. The van der Waals surface area contributed by atoms with Crippen LogP contribution in [0.15, 0.2) is 18.2 Å². The van der Waals surface area contributed by atoms with E-state index >= 15 is 0 Å². The number of phenolic OH excluding ortho intramolecular Hbond substituents is 1. The number of nitrogens with zero attached hydrogens (tertiary/aromatic N) is 1. The Morgan fingerprint density at radius 3 is 2.65 bits per heavy atom. The highest BCUT2D eigenvalue weighted by Gasteiger charge is 2.80. The van der Waals surface area contributed by atoms with E-state index < -0.39 is 52.7 Å². The number of rotatable bonds is 1. The zero-order chi connectivity index (χ0) is 22.0. The van der Waals surface area contributed by atoms with E-state index in [-0.39, 0.29) is 31.6 Å². The molecule has 7 nitrogen and oxygen atoms in total. The predicted molar refractivity (Wildman–Crippen MR) is 100 cm³/mol. The number of fused-ring (bicyclic) bond motifs is 2. The molecule has 2 heterocycles. The molecule has 3 spiro atoms. The Hall–Kier alpha value is -2.33. The van der Waals surface area contributed by atoms with Crippen molar-refractivity contribution in [3.63, 3.8) is 0 Å². The first-order valence-corrected chi connectivity index (χ1v) is 10.4. The van der Waals surface area contributed by atoms with Crippen LogP contribution in [0, 0.1) is 5.41 Å². The zero-order valence-electron chi connectivity index (χ0n) is 16.6. The molecule has 5 aliphatic rings. The Bertz CT molecular complexity index is 1050. The molecule has 6 rings (SSSR count). The smallest absolute Gasteiger partial charge is 0.401 e. The monoisotopic (exact) mass is 437 g/mol. The minimum atomic E-state index is -4.39. The molecule has 0 aromatic heterocycles. The van der Waals surface area contributed by atoms with Crippen LogP contribution in [0.2, 0.25) is 0 Å². The van der Waals surface area contributed by atoms with E-state index in [1.807, 2.05) is 0 Å². The van der Waals surface area contributed by atoms with E-state index in [4.69, 9.17) is 0 Å². The van der Waals surface area contributed by atoms with Crippen LogP contribution >= 0.6 is 0 Å². The molecule has 2 aliphatic heterocycles. The third-order valence-electron chi connectivity index (χ3n) is 8.48. The van der Waals surface area contributed by atoms with Gasteiger partial charge in [0.05, 0.1) is 12.1 Å². The van der Waals surface area contributed by atoms with Crippen LogP contribution in [-0.4, -0.2) is 63.5 Å². The molecule has 3 aliphatic carbocycles. The highest BCUT2D eigenvalue weighted by Crippen LogP contribution is 2.72. The highest BCUT2D eigenvalue weighted by atomic mass is 19.4. The molecular formula is C21H22F3N3O4. The van der Waals surface area contributed by atoms with Crippen molar-refractivity contribution in [2.45, 2.75) is 60.9 Å². The molecule has 2 unspecified atom stereocenters. The number of phenols is 1. The van der Waals surface area contributed by atoms with Crippen molar-refractivity contribution in [3.05, 3.63) is 29.3 Å².